The summed E-state index contributed by atoms with van der Waals surface area (Å²) in [7, 11) is 0. The van der Waals surface area contributed by atoms with Crippen molar-refractivity contribution in [2.24, 2.45) is 0 Å². The summed E-state index contributed by atoms with van der Waals surface area (Å²) >= 11 is 0. The van der Waals surface area contributed by atoms with Gasteiger partial charge in [0, 0.05) is 17.3 Å². The zero-order chi connectivity index (χ0) is 19.0. The Morgan fingerprint density at radius 2 is 1.89 bits per heavy atom. The Bertz CT molecular complexity index is 1100. The number of nitrogen functional groups attached to an aromatic ring is 1. The summed E-state index contributed by atoms with van der Waals surface area (Å²) in [6.07, 6.45) is 2.20. The second kappa shape index (κ2) is 6.49. The van der Waals surface area contributed by atoms with Crippen LogP contribution in [-0.2, 0) is 6.42 Å². The first-order chi connectivity index (χ1) is 13.1. The maximum Gasteiger partial charge on any atom is 0.174 e. The quantitative estimate of drug-likeness (QED) is 0.442. The maximum absolute atomic E-state index is 10.4. The van der Waals surface area contributed by atoms with Crippen LogP contribution in [0.5, 0.6) is 11.5 Å². The monoisotopic (exact) mass is 362 g/mol. The summed E-state index contributed by atoms with van der Waals surface area (Å²) in [5.41, 5.74) is 9.19. The van der Waals surface area contributed by atoms with E-state index in [9.17, 15) is 10.2 Å². The number of aryl methyl sites for hydroxylation is 1. The van der Waals surface area contributed by atoms with Crippen LogP contribution >= 0.6 is 0 Å². The van der Waals surface area contributed by atoms with E-state index in [-0.39, 0.29) is 17.3 Å². The lowest BCUT2D eigenvalue weighted by Crippen LogP contribution is -1.99. The molecule has 5 N–H and O–H groups in total. The molecule has 2 aromatic carbocycles. The lowest BCUT2D eigenvalue weighted by atomic mass is 10.0. The molecule has 0 fully saturated rings. The van der Waals surface area contributed by atoms with Crippen molar-refractivity contribution in [3.63, 3.8) is 0 Å². The third-order valence-electron chi connectivity index (χ3n) is 4.45. The minimum atomic E-state index is -0.0830. The zero-order valence-corrected chi connectivity index (χ0v) is 14.6. The summed E-state index contributed by atoms with van der Waals surface area (Å²) in [5, 5.41) is 35.6. The van der Waals surface area contributed by atoms with E-state index >= 15 is 0 Å². The van der Waals surface area contributed by atoms with Crippen molar-refractivity contribution < 1.29 is 10.2 Å². The molecule has 0 saturated carbocycles. The molecule has 0 aliphatic carbocycles. The van der Waals surface area contributed by atoms with E-state index in [0.29, 0.717) is 34.6 Å². The van der Waals surface area contributed by atoms with Gasteiger partial charge >= 0.3 is 0 Å². The summed E-state index contributed by atoms with van der Waals surface area (Å²) in [5.74, 6) is 0.689. The van der Waals surface area contributed by atoms with Gasteiger partial charge in [-0.1, -0.05) is 25.1 Å². The Labute approximate surface area is 154 Å². The molecule has 0 amide bonds. The van der Waals surface area contributed by atoms with Crippen LogP contribution in [0.2, 0.25) is 0 Å². The Morgan fingerprint density at radius 1 is 1.11 bits per heavy atom. The van der Waals surface area contributed by atoms with E-state index in [1.54, 1.807) is 17.0 Å². The number of benzene rings is 2. The molecule has 0 spiro atoms. The fourth-order valence-electron chi connectivity index (χ4n) is 3.07. The van der Waals surface area contributed by atoms with E-state index in [1.165, 1.54) is 6.07 Å². The first-order valence-corrected chi connectivity index (χ1v) is 8.45. The lowest BCUT2D eigenvalue weighted by Gasteiger charge is -2.11. The van der Waals surface area contributed by atoms with Crippen molar-refractivity contribution >= 4 is 5.82 Å². The number of nitrogens with one attached hydrogen (secondary N) is 1. The van der Waals surface area contributed by atoms with Crippen LogP contribution in [0.3, 0.4) is 0 Å². The average molecular weight is 362 g/mol. The molecule has 4 rings (SSSR count). The maximum atomic E-state index is 10.4. The molecule has 0 atom stereocenters. The molecule has 0 bridgehead atoms. The highest BCUT2D eigenvalue weighted by Gasteiger charge is 2.23. The fourth-order valence-corrected chi connectivity index (χ4v) is 3.07. The molecule has 8 nitrogen and oxygen atoms in total. The number of para-hydroxylation sites is 1. The van der Waals surface area contributed by atoms with Crippen molar-refractivity contribution in [3.8, 4) is 39.8 Å². The normalized spacial score (nSPS) is 11.0. The summed E-state index contributed by atoms with van der Waals surface area (Å²) in [6.45, 7) is 1.92. The van der Waals surface area contributed by atoms with Gasteiger partial charge in [0.25, 0.3) is 0 Å². The Balaban J connectivity index is 1.92. The number of nitrogens with two attached hydrogens (primary N) is 1. The number of nitrogens with zero attached hydrogens (tertiary/aromatic N) is 4. The highest BCUT2D eigenvalue weighted by atomic mass is 16.3. The molecule has 8 heteroatoms. The first-order valence-electron chi connectivity index (χ1n) is 8.45. The van der Waals surface area contributed by atoms with Crippen LogP contribution in [-0.4, -0.2) is 35.2 Å². The van der Waals surface area contributed by atoms with E-state index in [0.717, 1.165) is 5.69 Å². The van der Waals surface area contributed by atoms with Gasteiger partial charge in [0.05, 0.1) is 11.3 Å². The van der Waals surface area contributed by atoms with Gasteiger partial charge in [-0.25, -0.2) is 0 Å². The highest BCUT2D eigenvalue weighted by Crippen LogP contribution is 2.40. The van der Waals surface area contributed by atoms with Crippen LogP contribution in [0.25, 0.3) is 28.3 Å². The van der Waals surface area contributed by atoms with Crippen LogP contribution in [0.15, 0.2) is 48.8 Å². The average Bonchev–Trinajstić information content (AvgIpc) is 3.29. The summed E-state index contributed by atoms with van der Waals surface area (Å²) in [4.78, 5) is 0. The van der Waals surface area contributed by atoms with Gasteiger partial charge in [-0.15, -0.1) is 10.2 Å². The van der Waals surface area contributed by atoms with Gasteiger partial charge in [-0.3, -0.25) is 9.67 Å². The zero-order valence-electron chi connectivity index (χ0n) is 14.6. The van der Waals surface area contributed by atoms with Gasteiger partial charge in [-0.05, 0) is 30.2 Å². The van der Waals surface area contributed by atoms with Crippen LogP contribution in [0, 0.1) is 0 Å². The number of hydrogen-bond donors (Lipinski definition) is 4. The second-order valence-corrected chi connectivity index (χ2v) is 6.07. The number of phenols is 2. The van der Waals surface area contributed by atoms with Gasteiger partial charge in [0.15, 0.2) is 11.6 Å². The fraction of sp³-hybridized carbons (Fsp3) is 0.105. The third-order valence-corrected chi connectivity index (χ3v) is 4.45. The first kappa shape index (κ1) is 16.6. The molecule has 136 valence electrons. The largest absolute Gasteiger partial charge is 0.508 e. The summed E-state index contributed by atoms with van der Waals surface area (Å²) < 4.78 is 1.79. The van der Waals surface area contributed by atoms with Gasteiger partial charge in [-0.2, -0.15) is 5.10 Å². The molecule has 2 heterocycles. The van der Waals surface area contributed by atoms with E-state index in [1.807, 2.05) is 37.3 Å². The van der Waals surface area contributed by atoms with E-state index in [2.05, 4.69) is 20.4 Å². The molecular formula is C19H18N6O2. The molecule has 0 saturated heterocycles. The van der Waals surface area contributed by atoms with Crippen LogP contribution < -0.4 is 5.73 Å². The van der Waals surface area contributed by atoms with Crippen molar-refractivity contribution in [1.29, 1.82) is 0 Å². The smallest absolute Gasteiger partial charge is 0.174 e. The number of rotatable bonds is 4. The number of phenolic OH excluding ortho intramolecular Hbond substituents is 2. The molecule has 2 aromatic heterocycles. The summed E-state index contributed by atoms with van der Waals surface area (Å²) in [6, 6.07) is 12.6. The van der Waals surface area contributed by atoms with E-state index in [4.69, 9.17) is 5.73 Å². The third kappa shape index (κ3) is 2.77. The van der Waals surface area contributed by atoms with Crippen molar-refractivity contribution in [3.05, 3.63) is 54.4 Å². The van der Waals surface area contributed by atoms with E-state index < -0.39 is 0 Å². The molecule has 27 heavy (non-hydrogen) atoms. The minimum Gasteiger partial charge on any atom is -0.508 e. The number of aromatic hydroxyl groups is 2. The minimum absolute atomic E-state index is 0.0419. The Morgan fingerprint density at radius 3 is 2.63 bits per heavy atom. The Kier molecular flexibility index (Phi) is 4.00. The predicted octanol–water partition coefficient (Wildman–Crippen LogP) is 2.88. The van der Waals surface area contributed by atoms with Crippen molar-refractivity contribution in [2.75, 3.05) is 5.73 Å². The standard InChI is InChI=1S/C19H18N6O2/c1-2-11-8-13(15(27)9-14(11)26)17-16(18(20)23-22-17)19-24-21-10-25(19)12-6-4-3-5-7-12/h3-10,26-27H,2H2,1H3,(H3,20,22,23). The highest BCUT2D eigenvalue weighted by molar-refractivity contribution is 5.88. The molecule has 0 unspecified atom stereocenters. The lowest BCUT2D eigenvalue weighted by molar-refractivity contribution is 0.447. The SMILES string of the molecule is CCc1cc(-c2[nH]nc(N)c2-c2nncn2-c2ccccc2)c(O)cc1O. The molecule has 0 aliphatic heterocycles. The molecule has 0 radical (unpaired) electrons. The topological polar surface area (TPSA) is 126 Å². The van der Waals surface area contributed by atoms with Gasteiger partial charge < -0.3 is 15.9 Å². The number of anilines is 1. The molecule has 0 aliphatic rings. The van der Waals surface area contributed by atoms with Crippen molar-refractivity contribution in [1.82, 2.24) is 25.0 Å². The second-order valence-electron chi connectivity index (χ2n) is 6.07. The van der Waals surface area contributed by atoms with Gasteiger partial charge in [0.1, 0.15) is 17.8 Å². The van der Waals surface area contributed by atoms with Crippen LogP contribution in [0.4, 0.5) is 5.82 Å². The Hall–Kier alpha value is -3.81. The van der Waals surface area contributed by atoms with Gasteiger partial charge in [0.2, 0.25) is 0 Å². The number of aromatic nitrogens is 5. The molecule has 4 aromatic rings. The predicted molar refractivity (Wildman–Crippen MR) is 101 cm³/mol. The van der Waals surface area contributed by atoms with Crippen molar-refractivity contribution in [2.45, 2.75) is 13.3 Å². The van der Waals surface area contributed by atoms with Crippen LogP contribution in [0.1, 0.15) is 12.5 Å². The number of H-pyrrole nitrogens is 1. The number of hydrogen-bond acceptors (Lipinski definition) is 6. The number of aromatic amines is 1. The molecular weight excluding hydrogens is 344 g/mol.